The van der Waals surface area contributed by atoms with E-state index in [-0.39, 0.29) is 42.9 Å². The summed E-state index contributed by atoms with van der Waals surface area (Å²) in [5.41, 5.74) is 0.121. The number of nitrogens with one attached hydrogen (secondary N) is 2. The monoisotopic (exact) mass is 456 g/mol. The number of aromatic nitrogens is 1. The second-order valence-electron chi connectivity index (χ2n) is 8.62. The van der Waals surface area contributed by atoms with Crippen LogP contribution in [0.2, 0.25) is 0 Å². The number of hydrogen-bond acceptors (Lipinski definition) is 6. The Hall–Kier alpha value is -3.62. The van der Waals surface area contributed by atoms with Crippen molar-refractivity contribution in [1.29, 1.82) is 0 Å². The summed E-state index contributed by atoms with van der Waals surface area (Å²) >= 11 is 0. The van der Waals surface area contributed by atoms with Gasteiger partial charge in [-0.25, -0.2) is 0 Å². The van der Waals surface area contributed by atoms with Gasteiger partial charge in [0.25, 0.3) is 0 Å². The van der Waals surface area contributed by atoms with Gasteiger partial charge in [-0.3, -0.25) is 14.4 Å². The van der Waals surface area contributed by atoms with Crippen LogP contribution in [0.4, 0.5) is 5.82 Å². The van der Waals surface area contributed by atoms with E-state index in [4.69, 9.17) is 9.26 Å². The van der Waals surface area contributed by atoms with Gasteiger partial charge < -0.3 is 24.8 Å². The molecule has 2 rings (SSSR count). The lowest BCUT2D eigenvalue weighted by atomic mass is 10.0. The van der Waals surface area contributed by atoms with E-state index >= 15 is 0 Å². The second-order valence-corrected chi connectivity index (χ2v) is 8.62. The maximum absolute atomic E-state index is 13.2. The standard InChI is InChI=1S/C24H32N4O5/c1-7-14-28(21(30)13-12-20(29)25-19-15-16(2)33-27-19)22(23(31)26-24(3,4)5)17-8-10-18(32-6)11-9-17/h7-11,15,22H,1,12-14H2,2-6H3,(H,26,31)(H,25,27,29)/t22-/m1/s1. The van der Waals surface area contributed by atoms with Crippen molar-refractivity contribution >= 4 is 23.5 Å². The molecule has 1 atom stereocenters. The van der Waals surface area contributed by atoms with Gasteiger partial charge in [-0.2, -0.15) is 0 Å². The van der Waals surface area contributed by atoms with Crippen molar-refractivity contribution in [1.82, 2.24) is 15.4 Å². The molecule has 0 radical (unpaired) electrons. The lowest BCUT2D eigenvalue weighted by Gasteiger charge is -2.33. The molecule has 9 heteroatoms. The molecule has 0 aliphatic rings. The third kappa shape index (κ3) is 7.78. The minimum Gasteiger partial charge on any atom is -0.497 e. The van der Waals surface area contributed by atoms with Gasteiger partial charge in [-0.15, -0.1) is 6.58 Å². The van der Waals surface area contributed by atoms with E-state index in [0.717, 1.165) is 0 Å². The van der Waals surface area contributed by atoms with Crippen molar-refractivity contribution in [2.24, 2.45) is 0 Å². The number of ether oxygens (including phenoxy) is 1. The van der Waals surface area contributed by atoms with Crippen LogP contribution in [0, 0.1) is 6.92 Å². The van der Waals surface area contributed by atoms with Gasteiger partial charge in [0.1, 0.15) is 17.6 Å². The Morgan fingerprint density at radius 3 is 2.39 bits per heavy atom. The molecule has 178 valence electrons. The van der Waals surface area contributed by atoms with Gasteiger partial charge in [-0.05, 0) is 45.4 Å². The highest BCUT2D eigenvalue weighted by Crippen LogP contribution is 2.26. The Morgan fingerprint density at radius 2 is 1.88 bits per heavy atom. The average Bonchev–Trinajstić information content (AvgIpc) is 3.15. The fraction of sp³-hybridized carbons (Fsp3) is 0.417. The predicted octanol–water partition coefficient (Wildman–Crippen LogP) is 3.38. The Balaban J connectivity index is 2.22. The van der Waals surface area contributed by atoms with Crippen LogP contribution < -0.4 is 15.4 Å². The molecule has 3 amide bonds. The first kappa shape index (κ1) is 25.6. The van der Waals surface area contributed by atoms with E-state index in [1.54, 1.807) is 50.4 Å². The van der Waals surface area contributed by atoms with Crippen molar-refractivity contribution in [3.05, 3.63) is 54.3 Å². The van der Waals surface area contributed by atoms with Crippen LogP contribution in [0.5, 0.6) is 5.75 Å². The molecule has 1 aromatic carbocycles. The highest BCUT2D eigenvalue weighted by molar-refractivity contribution is 5.94. The molecule has 0 spiro atoms. The quantitative estimate of drug-likeness (QED) is 0.530. The molecule has 2 aromatic rings. The summed E-state index contributed by atoms with van der Waals surface area (Å²) < 4.78 is 10.1. The van der Waals surface area contributed by atoms with Crippen LogP contribution in [0.3, 0.4) is 0 Å². The highest BCUT2D eigenvalue weighted by Gasteiger charge is 2.32. The number of anilines is 1. The van der Waals surface area contributed by atoms with Crippen LogP contribution in [-0.4, -0.2) is 47.0 Å². The third-order valence-electron chi connectivity index (χ3n) is 4.60. The van der Waals surface area contributed by atoms with Gasteiger partial charge in [0, 0.05) is 31.0 Å². The maximum atomic E-state index is 13.2. The normalized spacial score (nSPS) is 11.9. The summed E-state index contributed by atoms with van der Waals surface area (Å²) in [6, 6.07) is 7.64. The first-order valence-corrected chi connectivity index (χ1v) is 10.6. The Morgan fingerprint density at radius 1 is 1.21 bits per heavy atom. The van der Waals surface area contributed by atoms with E-state index in [1.807, 2.05) is 20.8 Å². The number of hydrogen-bond donors (Lipinski definition) is 2. The molecule has 0 saturated carbocycles. The van der Waals surface area contributed by atoms with Crippen molar-refractivity contribution in [3.8, 4) is 5.75 Å². The largest absolute Gasteiger partial charge is 0.497 e. The van der Waals surface area contributed by atoms with E-state index in [1.165, 1.54) is 4.90 Å². The number of carbonyl (C=O) groups excluding carboxylic acids is 3. The number of rotatable bonds is 10. The van der Waals surface area contributed by atoms with Gasteiger partial charge in [0.2, 0.25) is 17.7 Å². The zero-order valence-electron chi connectivity index (χ0n) is 19.8. The van der Waals surface area contributed by atoms with Gasteiger partial charge in [-0.1, -0.05) is 23.4 Å². The molecule has 0 aliphatic heterocycles. The number of aryl methyl sites for hydroxylation is 1. The van der Waals surface area contributed by atoms with Crippen molar-refractivity contribution < 1.29 is 23.6 Å². The molecule has 0 saturated heterocycles. The number of benzene rings is 1. The first-order valence-electron chi connectivity index (χ1n) is 10.6. The number of nitrogens with zero attached hydrogens (tertiary/aromatic N) is 2. The molecule has 0 unspecified atom stereocenters. The van der Waals surface area contributed by atoms with Crippen LogP contribution in [0.15, 0.2) is 47.5 Å². The summed E-state index contributed by atoms with van der Waals surface area (Å²) in [6.07, 6.45) is 1.39. The second kappa shape index (κ2) is 11.3. The predicted molar refractivity (Wildman–Crippen MR) is 125 cm³/mol. The average molecular weight is 457 g/mol. The topological polar surface area (TPSA) is 114 Å². The Bertz CT molecular complexity index is 975. The molecule has 9 nitrogen and oxygen atoms in total. The Labute approximate surface area is 194 Å². The first-order chi connectivity index (χ1) is 15.5. The van der Waals surface area contributed by atoms with Crippen LogP contribution in [0.1, 0.15) is 51.0 Å². The van der Waals surface area contributed by atoms with Gasteiger partial charge in [0.05, 0.1) is 7.11 Å². The lowest BCUT2D eigenvalue weighted by molar-refractivity contribution is -0.141. The Kier molecular flexibility index (Phi) is 8.78. The lowest BCUT2D eigenvalue weighted by Crippen LogP contribution is -2.49. The van der Waals surface area contributed by atoms with Gasteiger partial charge >= 0.3 is 0 Å². The molecular formula is C24H32N4O5. The smallest absolute Gasteiger partial charge is 0.247 e. The summed E-state index contributed by atoms with van der Waals surface area (Å²) in [4.78, 5) is 40.1. The maximum Gasteiger partial charge on any atom is 0.247 e. The summed E-state index contributed by atoms with van der Waals surface area (Å²) in [5.74, 6) is 0.418. The molecule has 0 aliphatic carbocycles. The van der Waals surface area contributed by atoms with Crippen LogP contribution in [-0.2, 0) is 14.4 Å². The molecule has 0 bridgehead atoms. The van der Waals surface area contributed by atoms with E-state index < -0.39 is 11.6 Å². The number of carbonyl (C=O) groups is 3. The summed E-state index contributed by atoms with van der Waals surface area (Å²) in [7, 11) is 1.55. The highest BCUT2D eigenvalue weighted by atomic mass is 16.5. The van der Waals surface area contributed by atoms with E-state index in [2.05, 4.69) is 22.4 Å². The van der Waals surface area contributed by atoms with Crippen molar-refractivity contribution in [3.63, 3.8) is 0 Å². The minimum absolute atomic E-state index is 0.0748. The third-order valence-corrected chi connectivity index (χ3v) is 4.60. The van der Waals surface area contributed by atoms with Crippen molar-refractivity contribution in [2.45, 2.75) is 52.1 Å². The fourth-order valence-electron chi connectivity index (χ4n) is 3.18. The minimum atomic E-state index is -0.901. The SMILES string of the molecule is C=CCN(C(=O)CCC(=O)Nc1cc(C)on1)[C@@H](C(=O)NC(C)(C)C)c1ccc(OC)cc1. The van der Waals surface area contributed by atoms with Crippen molar-refractivity contribution in [2.75, 3.05) is 19.0 Å². The van der Waals surface area contributed by atoms with Crippen LogP contribution >= 0.6 is 0 Å². The zero-order chi connectivity index (χ0) is 24.6. The number of amides is 3. The van der Waals surface area contributed by atoms with Gasteiger partial charge in [0.15, 0.2) is 5.82 Å². The molecule has 2 N–H and O–H groups in total. The summed E-state index contributed by atoms with van der Waals surface area (Å²) in [6.45, 7) is 11.2. The molecule has 0 fully saturated rings. The summed E-state index contributed by atoms with van der Waals surface area (Å²) in [5, 5.41) is 9.24. The number of methoxy groups -OCH3 is 1. The zero-order valence-corrected chi connectivity index (χ0v) is 19.8. The fourth-order valence-corrected chi connectivity index (χ4v) is 3.18. The van der Waals surface area contributed by atoms with Crippen LogP contribution in [0.25, 0.3) is 0 Å². The van der Waals surface area contributed by atoms with E-state index in [9.17, 15) is 14.4 Å². The molecule has 1 aromatic heterocycles. The molecular weight excluding hydrogens is 424 g/mol. The van der Waals surface area contributed by atoms with E-state index in [0.29, 0.717) is 17.1 Å². The molecule has 33 heavy (non-hydrogen) atoms. The molecule has 1 heterocycles.